The molecular weight excluding hydrogens is 112 g/mol. The van der Waals surface area contributed by atoms with Crippen LogP contribution in [0.1, 0.15) is 32.6 Å². The molecule has 0 saturated heterocycles. The number of unbranched alkanes of at least 4 members (excludes halogenated alkanes) is 3. The maximum atomic E-state index is 4.31. The van der Waals surface area contributed by atoms with Gasteiger partial charge in [0.1, 0.15) is 13.2 Å². The highest BCUT2D eigenvalue weighted by Crippen LogP contribution is 1.96. The third-order valence-corrected chi connectivity index (χ3v) is 1.05. The van der Waals surface area contributed by atoms with Gasteiger partial charge in [0.2, 0.25) is 0 Å². The molecule has 0 bridgehead atoms. The third-order valence-electron chi connectivity index (χ3n) is 1.05. The largest absolute Gasteiger partial charge is 0.443 e. The van der Waals surface area contributed by atoms with Crippen molar-refractivity contribution in [2.24, 2.45) is 0 Å². The molecule has 9 heavy (non-hydrogen) atoms. The standard InChI is InChI=1S/C8H13O/c1-3-4-5-6-7-8-9-2/h2-6H2,1H3. The van der Waals surface area contributed by atoms with Crippen LogP contribution in [0.15, 0.2) is 0 Å². The molecule has 0 fully saturated rings. The van der Waals surface area contributed by atoms with Crippen LogP contribution in [-0.2, 0) is 4.74 Å². The van der Waals surface area contributed by atoms with E-state index in [0.29, 0.717) is 0 Å². The van der Waals surface area contributed by atoms with Crippen LogP contribution in [0.25, 0.3) is 0 Å². The van der Waals surface area contributed by atoms with Crippen LogP contribution in [0.3, 0.4) is 0 Å². The molecule has 0 N–H and O–H groups in total. The summed E-state index contributed by atoms with van der Waals surface area (Å²) in [5.74, 6) is 2.84. The Morgan fingerprint density at radius 1 is 1.44 bits per heavy atom. The van der Waals surface area contributed by atoms with Crippen molar-refractivity contribution in [3.05, 3.63) is 7.11 Å². The van der Waals surface area contributed by atoms with Gasteiger partial charge in [-0.3, -0.25) is 0 Å². The molecule has 0 rings (SSSR count). The van der Waals surface area contributed by atoms with Gasteiger partial charge in [0.05, 0.1) is 0 Å². The molecule has 1 heteroatoms. The van der Waals surface area contributed by atoms with E-state index in [-0.39, 0.29) is 0 Å². The van der Waals surface area contributed by atoms with Crippen molar-refractivity contribution in [1.82, 2.24) is 0 Å². The van der Waals surface area contributed by atoms with E-state index in [4.69, 9.17) is 0 Å². The molecule has 0 aromatic rings. The molecule has 1 nitrogen and oxygen atoms in total. The summed E-state index contributed by atoms with van der Waals surface area (Å²) in [5.41, 5.74) is 0. The summed E-state index contributed by atoms with van der Waals surface area (Å²) < 4.78 is 4.31. The zero-order chi connectivity index (χ0) is 6.95. The first kappa shape index (κ1) is 8.36. The van der Waals surface area contributed by atoms with Crippen molar-refractivity contribution < 1.29 is 4.74 Å². The van der Waals surface area contributed by atoms with Crippen molar-refractivity contribution in [3.63, 3.8) is 0 Å². The molecule has 0 aliphatic rings. The molecule has 0 aliphatic carbocycles. The van der Waals surface area contributed by atoms with E-state index in [1.165, 1.54) is 19.3 Å². The SMILES string of the molecule is [CH2]OC#CCCCCC. The fraction of sp³-hybridized carbons (Fsp3) is 0.625. The first-order chi connectivity index (χ1) is 4.41. The monoisotopic (exact) mass is 125 g/mol. The van der Waals surface area contributed by atoms with E-state index in [2.05, 4.69) is 30.8 Å². The molecule has 0 spiro atoms. The summed E-state index contributed by atoms with van der Waals surface area (Å²) in [7, 11) is 3.13. The predicted molar refractivity (Wildman–Crippen MR) is 38.4 cm³/mol. The Hall–Kier alpha value is -0.640. The fourth-order valence-corrected chi connectivity index (χ4v) is 0.565. The van der Waals surface area contributed by atoms with Gasteiger partial charge in [-0.1, -0.05) is 25.7 Å². The highest BCUT2D eigenvalue weighted by Gasteiger charge is 1.79. The van der Waals surface area contributed by atoms with Crippen LogP contribution >= 0.6 is 0 Å². The van der Waals surface area contributed by atoms with Crippen molar-refractivity contribution in [2.45, 2.75) is 32.6 Å². The molecule has 0 atom stereocenters. The van der Waals surface area contributed by atoms with Gasteiger partial charge in [0, 0.05) is 6.42 Å². The highest BCUT2D eigenvalue weighted by atomic mass is 16.5. The topological polar surface area (TPSA) is 9.23 Å². The highest BCUT2D eigenvalue weighted by molar-refractivity contribution is 4.90. The Kier molecular flexibility index (Phi) is 6.84. The first-order valence-corrected chi connectivity index (χ1v) is 3.30. The molecule has 0 aromatic carbocycles. The Bertz CT molecular complexity index is 96.9. The normalized spacial score (nSPS) is 7.78. The van der Waals surface area contributed by atoms with Crippen molar-refractivity contribution in [2.75, 3.05) is 0 Å². The maximum Gasteiger partial charge on any atom is 0.135 e. The summed E-state index contributed by atoms with van der Waals surface area (Å²) >= 11 is 0. The third kappa shape index (κ3) is 7.36. The molecule has 0 aromatic heterocycles. The summed E-state index contributed by atoms with van der Waals surface area (Å²) in [6.07, 6.45) is 7.05. The average molecular weight is 125 g/mol. The number of hydrogen-bond acceptors (Lipinski definition) is 1. The molecule has 0 heterocycles. The first-order valence-electron chi connectivity index (χ1n) is 3.30. The number of hydrogen-bond donors (Lipinski definition) is 0. The minimum Gasteiger partial charge on any atom is -0.443 e. The zero-order valence-corrected chi connectivity index (χ0v) is 5.94. The van der Waals surface area contributed by atoms with E-state index >= 15 is 0 Å². The molecule has 0 unspecified atom stereocenters. The molecule has 1 radical (unpaired) electrons. The van der Waals surface area contributed by atoms with Crippen molar-refractivity contribution >= 4 is 0 Å². The second-order valence-electron chi connectivity index (χ2n) is 1.88. The summed E-state index contributed by atoms with van der Waals surface area (Å²) in [6.45, 7) is 2.17. The molecule has 0 saturated carbocycles. The van der Waals surface area contributed by atoms with Crippen molar-refractivity contribution in [1.29, 1.82) is 0 Å². The molecule has 51 valence electrons. The van der Waals surface area contributed by atoms with Gasteiger partial charge < -0.3 is 4.74 Å². The van der Waals surface area contributed by atoms with Crippen LogP contribution in [0.4, 0.5) is 0 Å². The van der Waals surface area contributed by atoms with Crippen molar-refractivity contribution in [3.8, 4) is 12.0 Å². The fourth-order valence-electron chi connectivity index (χ4n) is 0.565. The zero-order valence-electron chi connectivity index (χ0n) is 5.94. The van der Waals surface area contributed by atoms with Gasteiger partial charge in [0.25, 0.3) is 0 Å². The van der Waals surface area contributed by atoms with Crippen LogP contribution in [0.2, 0.25) is 0 Å². The van der Waals surface area contributed by atoms with Crippen LogP contribution < -0.4 is 0 Å². The summed E-state index contributed by atoms with van der Waals surface area (Å²) in [4.78, 5) is 0. The quantitative estimate of drug-likeness (QED) is 0.415. The second-order valence-corrected chi connectivity index (χ2v) is 1.88. The Morgan fingerprint density at radius 3 is 2.78 bits per heavy atom. The minimum absolute atomic E-state index is 0.934. The Morgan fingerprint density at radius 2 is 2.22 bits per heavy atom. The van der Waals surface area contributed by atoms with Gasteiger partial charge in [-0.2, -0.15) is 0 Å². The van der Waals surface area contributed by atoms with Gasteiger partial charge in [-0.15, -0.1) is 0 Å². The smallest absolute Gasteiger partial charge is 0.135 e. The lowest BCUT2D eigenvalue weighted by Crippen LogP contribution is -1.71. The minimum atomic E-state index is 0.934. The molecular formula is C8H13O. The lowest BCUT2D eigenvalue weighted by atomic mass is 10.2. The van der Waals surface area contributed by atoms with Crippen LogP contribution in [0, 0.1) is 19.1 Å². The van der Waals surface area contributed by atoms with E-state index in [1.54, 1.807) is 0 Å². The Balaban J connectivity index is 2.90. The lowest BCUT2D eigenvalue weighted by Gasteiger charge is -1.87. The van der Waals surface area contributed by atoms with Gasteiger partial charge in [-0.25, -0.2) is 0 Å². The Labute approximate surface area is 57.4 Å². The molecule has 0 amide bonds. The summed E-state index contributed by atoms with van der Waals surface area (Å²) in [6, 6.07) is 0. The maximum absolute atomic E-state index is 4.31. The number of ether oxygens (including phenoxy) is 1. The second kappa shape index (κ2) is 7.36. The van der Waals surface area contributed by atoms with Crippen LogP contribution in [0.5, 0.6) is 0 Å². The van der Waals surface area contributed by atoms with Gasteiger partial charge >= 0.3 is 0 Å². The average Bonchev–Trinajstić information content (AvgIpc) is 1.89. The predicted octanol–water partition coefficient (Wildman–Crippen LogP) is 2.34. The molecule has 0 aliphatic heterocycles. The lowest BCUT2D eigenvalue weighted by molar-refractivity contribution is 0.430. The van der Waals surface area contributed by atoms with Crippen LogP contribution in [-0.4, -0.2) is 0 Å². The summed E-state index contributed by atoms with van der Waals surface area (Å²) in [5, 5.41) is 0. The van der Waals surface area contributed by atoms with E-state index in [0.717, 1.165) is 6.42 Å². The van der Waals surface area contributed by atoms with Gasteiger partial charge in [-0.05, 0) is 6.42 Å². The number of rotatable bonds is 3. The van der Waals surface area contributed by atoms with E-state index in [1.807, 2.05) is 0 Å². The van der Waals surface area contributed by atoms with Gasteiger partial charge in [0.15, 0.2) is 0 Å². The van der Waals surface area contributed by atoms with E-state index in [9.17, 15) is 0 Å². The van der Waals surface area contributed by atoms with E-state index < -0.39 is 0 Å².